The molecule has 0 saturated carbocycles. The van der Waals surface area contributed by atoms with Crippen LogP contribution in [0.1, 0.15) is 11.1 Å². The van der Waals surface area contributed by atoms with Gasteiger partial charge in [0, 0.05) is 9.92 Å². The van der Waals surface area contributed by atoms with E-state index in [9.17, 15) is 4.39 Å². The summed E-state index contributed by atoms with van der Waals surface area (Å²) in [5.41, 5.74) is 7.91. The van der Waals surface area contributed by atoms with Crippen LogP contribution in [0.4, 0.5) is 15.8 Å². The Balaban J connectivity index is 1.64. The number of fused-ring (bicyclic) bond motifs is 1. The SMILES string of the molecule is Fc1ccc(CC2Cc3cc(Cl)ccc3N2Nc2cccc(S)c2)cc1. The van der Waals surface area contributed by atoms with E-state index in [-0.39, 0.29) is 11.9 Å². The summed E-state index contributed by atoms with van der Waals surface area (Å²) in [6.45, 7) is 0. The molecular weight excluding hydrogens is 367 g/mol. The second-order valence-electron chi connectivity index (χ2n) is 6.49. The third kappa shape index (κ3) is 3.67. The largest absolute Gasteiger partial charge is 0.298 e. The van der Waals surface area contributed by atoms with Crippen molar-refractivity contribution < 1.29 is 4.39 Å². The molecule has 0 saturated heterocycles. The van der Waals surface area contributed by atoms with Gasteiger partial charge in [0.15, 0.2) is 0 Å². The van der Waals surface area contributed by atoms with Crippen molar-refractivity contribution in [3.05, 3.63) is 88.7 Å². The highest BCUT2D eigenvalue weighted by Crippen LogP contribution is 2.35. The molecule has 4 rings (SSSR count). The highest BCUT2D eigenvalue weighted by molar-refractivity contribution is 7.80. The Labute approximate surface area is 163 Å². The number of hydrogen-bond donors (Lipinski definition) is 2. The third-order valence-electron chi connectivity index (χ3n) is 4.60. The summed E-state index contributed by atoms with van der Waals surface area (Å²) >= 11 is 10.6. The molecule has 26 heavy (non-hydrogen) atoms. The van der Waals surface area contributed by atoms with E-state index in [1.54, 1.807) is 0 Å². The first kappa shape index (κ1) is 17.3. The predicted octanol–water partition coefficient (Wildman–Crippen LogP) is 5.77. The van der Waals surface area contributed by atoms with Crippen LogP contribution in [0.2, 0.25) is 5.02 Å². The van der Waals surface area contributed by atoms with Crippen molar-refractivity contribution >= 4 is 35.6 Å². The lowest BCUT2D eigenvalue weighted by Crippen LogP contribution is -2.38. The van der Waals surface area contributed by atoms with E-state index in [1.807, 2.05) is 54.6 Å². The monoisotopic (exact) mass is 384 g/mol. The van der Waals surface area contributed by atoms with Gasteiger partial charge in [0.25, 0.3) is 0 Å². The van der Waals surface area contributed by atoms with Crippen LogP contribution < -0.4 is 10.4 Å². The Kier molecular flexibility index (Phi) is 4.79. The maximum Gasteiger partial charge on any atom is 0.123 e. The minimum Gasteiger partial charge on any atom is -0.298 e. The van der Waals surface area contributed by atoms with E-state index in [2.05, 4.69) is 23.1 Å². The lowest BCUT2D eigenvalue weighted by Gasteiger charge is -2.29. The molecule has 3 aromatic carbocycles. The standard InChI is InChI=1S/C21H18ClFN2S/c22-16-6-9-21-15(11-16)12-19(10-14-4-7-17(23)8-5-14)25(21)24-18-2-1-3-20(26)13-18/h1-9,11,13,19,24,26H,10,12H2. The van der Waals surface area contributed by atoms with Gasteiger partial charge in [0.1, 0.15) is 5.82 Å². The molecule has 1 aliphatic heterocycles. The van der Waals surface area contributed by atoms with Gasteiger partial charge in [0.05, 0.1) is 17.4 Å². The number of thiol groups is 1. The van der Waals surface area contributed by atoms with Gasteiger partial charge in [-0.1, -0.05) is 29.8 Å². The van der Waals surface area contributed by atoms with Gasteiger partial charge in [-0.3, -0.25) is 10.4 Å². The Hall–Kier alpha value is -2.17. The van der Waals surface area contributed by atoms with Crippen LogP contribution in [-0.2, 0) is 12.8 Å². The number of halogens is 2. The predicted molar refractivity (Wildman–Crippen MR) is 109 cm³/mol. The number of hydrazine groups is 1. The Bertz CT molecular complexity index is 930. The lowest BCUT2D eigenvalue weighted by atomic mass is 10.0. The molecule has 0 radical (unpaired) electrons. The van der Waals surface area contributed by atoms with Gasteiger partial charge in [0.2, 0.25) is 0 Å². The van der Waals surface area contributed by atoms with Crippen LogP contribution >= 0.6 is 24.2 Å². The zero-order chi connectivity index (χ0) is 18.1. The molecule has 0 aliphatic carbocycles. The van der Waals surface area contributed by atoms with Crippen LogP contribution in [0.5, 0.6) is 0 Å². The van der Waals surface area contributed by atoms with Crippen LogP contribution in [0.15, 0.2) is 71.6 Å². The van der Waals surface area contributed by atoms with E-state index in [0.29, 0.717) is 0 Å². The maximum atomic E-state index is 13.2. The maximum absolute atomic E-state index is 13.2. The van der Waals surface area contributed by atoms with Crippen LogP contribution in [-0.4, -0.2) is 6.04 Å². The average molecular weight is 385 g/mol. The van der Waals surface area contributed by atoms with Crippen molar-refractivity contribution in [2.24, 2.45) is 0 Å². The summed E-state index contributed by atoms with van der Waals surface area (Å²) in [5.74, 6) is -0.212. The fourth-order valence-corrected chi connectivity index (χ4v) is 3.84. The molecule has 0 spiro atoms. The second-order valence-corrected chi connectivity index (χ2v) is 7.45. The Morgan fingerprint density at radius 2 is 1.88 bits per heavy atom. The van der Waals surface area contributed by atoms with Crippen molar-refractivity contribution in [2.75, 3.05) is 10.4 Å². The van der Waals surface area contributed by atoms with Crippen molar-refractivity contribution in [2.45, 2.75) is 23.8 Å². The molecule has 0 bridgehead atoms. The summed E-state index contributed by atoms with van der Waals surface area (Å²) in [5, 5.41) is 2.92. The minimum absolute atomic E-state index is 0.206. The van der Waals surface area contributed by atoms with Crippen molar-refractivity contribution in [1.82, 2.24) is 0 Å². The van der Waals surface area contributed by atoms with E-state index in [0.717, 1.165) is 39.7 Å². The molecule has 1 aliphatic rings. The van der Waals surface area contributed by atoms with Gasteiger partial charge in [-0.2, -0.15) is 0 Å². The first-order valence-electron chi connectivity index (χ1n) is 8.46. The number of rotatable bonds is 4. The molecule has 1 heterocycles. The van der Waals surface area contributed by atoms with Gasteiger partial charge in [-0.05, 0) is 72.5 Å². The van der Waals surface area contributed by atoms with Crippen LogP contribution in [0, 0.1) is 5.82 Å². The Morgan fingerprint density at radius 3 is 2.65 bits per heavy atom. The first-order chi connectivity index (χ1) is 12.6. The van der Waals surface area contributed by atoms with Crippen LogP contribution in [0.3, 0.4) is 0 Å². The van der Waals surface area contributed by atoms with Gasteiger partial charge < -0.3 is 0 Å². The normalized spacial score (nSPS) is 15.8. The number of nitrogens with one attached hydrogen (secondary N) is 1. The molecule has 2 nitrogen and oxygen atoms in total. The topological polar surface area (TPSA) is 15.3 Å². The zero-order valence-electron chi connectivity index (χ0n) is 14.0. The number of hydrogen-bond acceptors (Lipinski definition) is 3. The fraction of sp³-hybridized carbons (Fsp3) is 0.143. The minimum atomic E-state index is -0.212. The number of anilines is 2. The molecule has 0 fully saturated rings. The lowest BCUT2D eigenvalue weighted by molar-refractivity contribution is 0.623. The number of nitrogens with zero attached hydrogens (tertiary/aromatic N) is 1. The number of benzene rings is 3. The van der Waals surface area contributed by atoms with Crippen molar-refractivity contribution in [3.8, 4) is 0 Å². The first-order valence-corrected chi connectivity index (χ1v) is 9.29. The van der Waals surface area contributed by atoms with Crippen molar-refractivity contribution in [3.63, 3.8) is 0 Å². The third-order valence-corrected chi connectivity index (χ3v) is 5.12. The van der Waals surface area contributed by atoms with Gasteiger partial charge in [-0.25, -0.2) is 4.39 Å². The molecule has 5 heteroatoms. The molecule has 1 unspecified atom stereocenters. The van der Waals surface area contributed by atoms with E-state index < -0.39 is 0 Å². The molecule has 0 amide bonds. The molecule has 1 N–H and O–H groups in total. The molecule has 1 atom stereocenters. The summed E-state index contributed by atoms with van der Waals surface area (Å²) in [6.07, 6.45) is 1.68. The Morgan fingerprint density at radius 1 is 1.08 bits per heavy atom. The van der Waals surface area contributed by atoms with E-state index in [4.69, 9.17) is 11.6 Å². The fourth-order valence-electron chi connectivity index (χ4n) is 3.42. The van der Waals surface area contributed by atoms with Crippen LogP contribution in [0.25, 0.3) is 0 Å². The molecule has 3 aromatic rings. The zero-order valence-corrected chi connectivity index (χ0v) is 15.6. The highest BCUT2D eigenvalue weighted by Gasteiger charge is 2.30. The molecule has 132 valence electrons. The smallest absolute Gasteiger partial charge is 0.123 e. The molecule has 0 aromatic heterocycles. The van der Waals surface area contributed by atoms with E-state index in [1.165, 1.54) is 17.7 Å². The second kappa shape index (κ2) is 7.22. The average Bonchev–Trinajstić information content (AvgIpc) is 2.93. The van der Waals surface area contributed by atoms with Crippen molar-refractivity contribution in [1.29, 1.82) is 0 Å². The summed E-state index contributed by atoms with van der Waals surface area (Å²) in [4.78, 5) is 0.903. The molecular formula is C21H18ClFN2S. The highest BCUT2D eigenvalue weighted by atomic mass is 35.5. The van der Waals surface area contributed by atoms with E-state index >= 15 is 0 Å². The summed E-state index contributed by atoms with van der Waals surface area (Å²) < 4.78 is 13.2. The van der Waals surface area contributed by atoms with Gasteiger partial charge in [-0.15, -0.1) is 12.6 Å². The summed E-state index contributed by atoms with van der Waals surface area (Å²) in [6, 6.07) is 20.8. The van der Waals surface area contributed by atoms with Gasteiger partial charge >= 0.3 is 0 Å². The summed E-state index contributed by atoms with van der Waals surface area (Å²) in [7, 11) is 0. The quantitative estimate of drug-likeness (QED) is 0.555.